The van der Waals surface area contributed by atoms with Crippen LogP contribution in [0.1, 0.15) is 11.8 Å². The van der Waals surface area contributed by atoms with E-state index in [0.29, 0.717) is 10.6 Å². The monoisotopic (exact) mass is 670 g/mol. The lowest BCUT2D eigenvalue weighted by Gasteiger charge is -2.19. The Hall–Kier alpha value is -1.37. The summed E-state index contributed by atoms with van der Waals surface area (Å²) in [7, 11) is -10.7. The zero-order valence-corrected chi connectivity index (χ0v) is 21.7. The number of halogens is 3. The predicted octanol–water partition coefficient (Wildman–Crippen LogP) is -0.0190. The zero-order valence-electron chi connectivity index (χ0n) is 17.8. The molecule has 2 aromatic rings. The van der Waals surface area contributed by atoms with Gasteiger partial charge in [0.15, 0.2) is 6.23 Å². The van der Waals surface area contributed by atoms with E-state index >= 15 is 0 Å². The van der Waals surface area contributed by atoms with Gasteiger partial charge >= 0.3 is 21.3 Å². The van der Waals surface area contributed by atoms with E-state index in [1.54, 1.807) is 22.6 Å². The van der Waals surface area contributed by atoms with Crippen LogP contribution < -0.4 is 11.2 Å². The molecule has 3 rings (SSSR count). The fourth-order valence-corrected chi connectivity index (χ4v) is 5.54. The molecule has 1 aliphatic rings. The molecule has 200 valence electrons. The van der Waals surface area contributed by atoms with Gasteiger partial charge in [0, 0.05) is 18.8 Å². The van der Waals surface area contributed by atoms with Crippen LogP contribution in [0, 0.1) is 15.2 Å². The SMILES string of the molecule is O=c1c(I)cn([C@@H]2O[C@H](COP(=O)(O)OP(=O)(O)O)[C@H](O)C2O)c(=O)n1CCc1ccc(F)cc1F. The summed E-state index contributed by atoms with van der Waals surface area (Å²) >= 11 is 1.60. The second-order valence-corrected chi connectivity index (χ2v) is 11.5. The Kier molecular flexibility index (Phi) is 9.05. The molecule has 0 radical (unpaired) electrons. The van der Waals surface area contributed by atoms with E-state index in [1.165, 1.54) is 0 Å². The van der Waals surface area contributed by atoms with Gasteiger partial charge in [0.25, 0.3) is 5.56 Å². The van der Waals surface area contributed by atoms with Crippen LogP contribution in [0.5, 0.6) is 0 Å². The molecule has 1 aliphatic heterocycles. The molecule has 0 saturated carbocycles. The molecule has 19 heteroatoms. The van der Waals surface area contributed by atoms with E-state index in [2.05, 4.69) is 8.83 Å². The number of aromatic nitrogens is 2. The average Bonchev–Trinajstić information content (AvgIpc) is 3.03. The van der Waals surface area contributed by atoms with Gasteiger partial charge in [-0.05, 0) is 40.6 Å². The first-order valence-electron chi connectivity index (χ1n) is 9.81. The van der Waals surface area contributed by atoms with Crippen molar-refractivity contribution in [1.82, 2.24) is 9.13 Å². The van der Waals surface area contributed by atoms with Crippen molar-refractivity contribution >= 4 is 38.2 Å². The lowest BCUT2D eigenvalue weighted by molar-refractivity contribution is -0.0549. The highest BCUT2D eigenvalue weighted by Gasteiger charge is 2.46. The second-order valence-electron chi connectivity index (χ2n) is 7.49. The molecule has 0 bridgehead atoms. The first kappa shape index (κ1) is 29.2. The van der Waals surface area contributed by atoms with Gasteiger partial charge in [-0.15, -0.1) is 0 Å². The number of ether oxygens (including phenoxy) is 1. The minimum Gasteiger partial charge on any atom is -0.387 e. The summed E-state index contributed by atoms with van der Waals surface area (Å²) in [6, 6.07) is 2.81. The van der Waals surface area contributed by atoms with Crippen LogP contribution in [0.15, 0.2) is 34.0 Å². The summed E-state index contributed by atoms with van der Waals surface area (Å²) in [5.41, 5.74) is -1.73. The summed E-state index contributed by atoms with van der Waals surface area (Å²) in [6.45, 7) is -1.32. The van der Waals surface area contributed by atoms with Gasteiger partial charge in [0.1, 0.15) is 29.9 Å². The van der Waals surface area contributed by atoms with Crippen LogP contribution in [0.3, 0.4) is 0 Å². The third-order valence-electron chi connectivity index (χ3n) is 5.00. The van der Waals surface area contributed by atoms with E-state index < -0.39 is 69.7 Å². The first-order chi connectivity index (χ1) is 16.6. The van der Waals surface area contributed by atoms with Crippen molar-refractivity contribution in [2.24, 2.45) is 0 Å². The van der Waals surface area contributed by atoms with Crippen LogP contribution in [0.4, 0.5) is 8.78 Å². The third-order valence-corrected chi connectivity index (χ3v) is 7.89. The van der Waals surface area contributed by atoms with Gasteiger partial charge in [-0.3, -0.25) is 18.5 Å². The minimum atomic E-state index is -5.40. The van der Waals surface area contributed by atoms with E-state index in [1.807, 2.05) is 0 Å². The van der Waals surface area contributed by atoms with Crippen molar-refractivity contribution in [3.63, 3.8) is 0 Å². The smallest absolute Gasteiger partial charge is 0.387 e. The fourth-order valence-electron chi connectivity index (χ4n) is 3.35. The predicted molar refractivity (Wildman–Crippen MR) is 123 cm³/mol. The fraction of sp³-hybridized carbons (Fsp3) is 0.412. The summed E-state index contributed by atoms with van der Waals surface area (Å²) in [6.07, 6.45) is -5.94. The molecule has 36 heavy (non-hydrogen) atoms. The molecule has 2 unspecified atom stereocenters. The highest BCUT2D eigenvalue weighted by molar-refractivity contribution is 14.1. The summed E-state index contributed by atoms with van der Waals surface area (Å²) in [5, 5.41) is 20.6. The molecule has 5 N–H and O–H groups in total. The lowest BCUT2D eigenvalue weighted by atomic mass is 10.1. The van der Waals surface area contributed by atoms with Crippen LogP contribution in [-0.2, 0) is 35.7 Å². The van der Waals surface area contributed by atoms with Gasteiger partial charge in [-0.1, -0.05) is 6.07 Å². The van der Waals surface area contributed by atoms with Gasteiger partial charge in [0.2, 0.25) is 0 Å². The van der Waals surface area contributed by atoms with Crippen LogP contribution in [-0.4, -0.2) is 58.9 Å². The Labute approximate surface area is 213 Å². The van der Waals surface area contributed by atoms with Crippen molar-refractivity contribution in [1.29, 1.82) is 0 Å². The number of hydrogen-bond donors (Lipinski definition) is 5. The van der Waals surface area contributed by atoms with Crippen molar-refractivity contribution in [2.45, 2.75) is 37.5 Å². The number of phosphoric acid groups is 2. The summed E-state index contributed by atoms with van der Waals surface area (Å²) in [4.78, 5) is 52.1. The highest BCUT2D eigenvalue weighted by Crippen LogP contribution is 2.57. The van der Waals surface area contributed by atoms with Crippen molar-refractivity contribution < 1.29 is 56.4 Å². The maximum absolute atomic E-state index is 13.9. The second kappa shape index (κ2) is 11.2. The zero-order chi connectivity index (χ0) is 27.0. The highest BCUT2D eigenvalue weighted by atomic mass is 127. The topological polar surface area (TPSA) is 207 Å². The molecule has 0 spiro atoms. The molecule has 1 aromatic heterocycles. The molecule has 1 saturated heterocycles. The van der Waals surface area contributed by atoms with E-state index in [-0.39, 0.29) is 22.1 Å². The number of aryl methyl sites for hydroxylation is 1. The Morgan fingerprint density at radius 1 is 1.11 bits per heavy atom. The summed E-state index contributed by atoms with van der Waals surface area (Å²) < 4.78 is 64.2. The number of aliphatic hydroxyl groups is 2. The molecule has 14 nitrogen and oxygen atoms in total. The largest absolute Gasteiger partial charge is 0.481 e. The normalized spacial score (nSPS) is 24.1. The number of benzene rings is 1. The standard InChI is InChI=1S/C17H19F2IN2O12P2/c18-9-2-1-8(10(19)5-9)3-4-21-15(25)11(20)6-22(17(21)26)16-14(24)13(23)12(33-16)7-32-36(30,31)34-35(27,28)29/h1-2,5-6,12-14,16,23-24H,3-4,7H2,(H,30,31)(H2,27,28,29)/t12-,13+,14?,16-/m1/s1. The Balaban J connectivity index is 1.82. The first-order valence-corrected chi connectivity index (χ1v) is 13.9. The van der Waals surface area contributed by atoms with Gasteiger partial charge in [0.05, 0.1) is 10.2 Å². The third kappa shape index (κ3) is 6.93. The quantitative estimate of drug-likeness (QED) is 0.176. The maximum Gasteiger partial charge on any atom is 0.481 e. The molecular formula is C17H19F2IN2O12P2. The van der Waals surface area contributed by atoms with E-state index in [9.17, 15) is 42.6 Å². The average molecular weight is 670 g/mol. The maximum atomic E-state index is 13.9. The van der Waals surface area contributed by atoms with Gasteiger partial charge in [-0.25, -0.2) is 22.7 Å². The Morgan fingerprint density at radius 2 is 1.78 bits per heavy atom. The van der Waals surface area contributed by atoms with Gasteiger partial charge in [-0.2, -0.15) is 4.31 Å². The number of nitrogens with zero attached hydrogens (tertiary/aromatic N) is 2. The van der Waals surface area contributed by atoms with Crippen molar-refractivity contribution in [3.05, 3.63) is 66.0 Å². The molecule has 1 aromatic carbocycles. The van der Waals surface area contributed by atoms with E-state index in [4.69, 9.17) is 14.5 Å². The molecule has 0 aliphatic carbocycles. The number of hydrogen-bond acceptors (Lipinski definition) is 9. The molecule has 2 heterocycles. The lowest BCUT2D eigenvalue weighted by Crippen LogP contribution is -2.44. The number of rotatable bonds is 9. The van der Waals surface area contributed by atoms with E-state index in [0.717, 1.165) is 22.9 Å². The van der Waals surface area contributed by atoms with Crippen molar-refractivity contribution in [2.75, 3.05) is 6.61 Å². The van der Waals surface area contributed by atoms with Crippen molar-refractivity contribution in [3.8, 4) is 0 Å². The molecule has 5 atom stereocenters. The molecule has 1 fully saturated rings. The summed E-state index contributed by atoms with van der Waals surface area (Å²) in [5.74, 6) is -1.68. The van der Waals surface area contributed by atoms with Gasteiger partial charge < -0.3 is 29.6 Å². The van der Waals surface area contributed by atoms with Crippen LogP contribution >= 0.6 is 38.2 Å². The number of phosphoric ester groups is 1. The molecular weight excluding hydrogens is 651 g/mol. The molecule has 0 amide bonds. The Morgan fingerprint density at radius 3 is 2.39 bits per heavy atom. The van der Waals surface area contributed by atoms with Crippen LogP contribution in [0.2, 0.25) is 0 Å². The van der Waals surface area contributed by atoms with Crippen LogP contribution in [0.25, 0.3) is 0 Å². The number of aliphatic hydroxyl groups excluding tert-OH is 2. The minimum absolute atomic E-state index is 0.0216. The Bertz CT molecular complexity index is 1350.